The number of nitrogens with zero attached hydrogens (tertiary/aromatic N) is 3. The quantitative estimate of drug-likeness (QED) is 0.173. The fraction of sp³-hybridized carbons (Fsp3) is 0.100. The SMILES string of the molecule is CC1(C)c2ccccc2-c2cc3c4ccccc4n4c5cc6c7c8c(c(N(c9ccccc9)c9ccccc9)c9c%10ccccc%10n(c6cc5c(c21)c34)c97)-c1ccccc1C8(C)C. The topological polar surface area (TPSA) is 12.1 Å². The first-order valence-electron chi connectivity index (χ1n) is 22.4. The molecule has 13 aromatic rings. The van der Waals surface area contributed by atoms with Crippen LogP contribution >= 0.6 is 0 Å². The summed E-state index contributed by atoms with van der Waals surface area (Å²) >= 11 is 0. The van der Waals surface area contributed by atoms with Crippen molar-refractivity contribution in [2.75, 3.05) is 4.90 Å². The summed E-state index contributed by atoms with van der Waals surface area (Å²) in [5, 5.41) is 10.6. The molecule has 0 saturated heterocycles. The molecule has 0 saturated carbocycles. The van der Waals surface area contributed by atoms with E-state index in [1.165, 1.54) is 126 Å². The summed E-state index contributed by atoms with van der Waals surface area (Å²) in [4.78, 5) is 2.54. The Labute approximate surface area is 364 Å². The molecule has 3 nitrogen and oxygen atoms in total. The Kier molecular flexibility index (Phi) is 6.07. The molecule has 0 aliphatic heterocycles. The zero-order chi connectivity index (χ0) is 41.7. The third-order valence-electron chi connectivity index (χ3n) is 15.4. The van der Waals surface area contributed by atoms with Crippen LogP contribution < -0.4 is 4.90 Å². The second-order valence-corrected chi connectivity index (χ2v) is 19.2. The van der Waals surface area contributed by atoms with Gasteiger partial charge in [0, 0.05) is 70.9 Å². The monoisotopic (exact) mass is 803 g/mol. The van der Waals surface area contributed by atoms with Crippen LogP contribution in [0.2, 0.25) is 0 Å². The van der Waals surface area contributed by atoms with Gasteiger partial charge in [-0.1, -0.05) is 149 Å². The van der Waals surface area contributed by atoms with Gasteiger partial charge in [0.2, 0.25) is 0 Å². The van der Waals surface area contributed by atoms with E-state index in [0.717, 1.165) is 11.4 Å². The highest BCUT2D eigenvalue weighted by Gasteiger charge is 2.44. The van der Waals surface area contributed by atoms with Crippen LogP contribution in [0.4, 0.5) is 17.1 Å². The minimum absolute atomic E-state index is 0.169. The average molecular weight is 804 g/mol. The van der Waals surface area contributed by atoms with Gasteiger partial charge in [-0.15, -0.1) is 0 Å². The van der Waals surface area contributed by atoms with Crippen LogP contribution in [0.25, 0.3) is 98.4 Å². The molecule has 0 unspecified atom stereocenters. The number of hydrogen-bond acceptors (Lipinski definition) is 1. The molecular weight excluding hydrogens is 763 g/mol. The summed E-state index contributed by atoms with van der Waals surface area (Å²) in [7, 11) is 0. The summed E-state index contributed by atoms with van der Waals surface area (Å²) in [6.07, 6.45) is 0. The summed E-state index contributed by atoms with van der Waals surface area (Å²) in [6, 6.07) is 66.2. The van der Waals surface area contributed by atoms with Gasteiger partial charge < -0.3 is 13.7 Å². The lowest BCUT2D eigenvalue weighted by Gasteiger charge is -2.30. The van der Waals surface area contributed by atoms with E-state index in [0.29, 0.717) is 0 Å². The number of benzene rings is 9. The number of aromatic nitrogens is 2. The molecule has 3 heteroatoms. The lowest BCUT2D eigenvalue weighted by Crippen LogP contribution is -2.17. The highest BCUT2D eigenvalue weighted by Crippen LogP contribution is 2.62. The van der Waals surface area contributed by atoms with Crippen molar-refractivity contribution in [3.63, 3.8) is 0 Å². The van der Waals surface area contributed by atoms with Gasteiger partial charge >= 0.3 is 0 Å². The largest absolute Gasteiger partial charge is 0.309 e. The molecule has 0 radical (unpaired) electrons. The number of para-hydroxylation sites is 4. The number of anilines is 3. The van der Waals surface area contributed by atoms with Crippen molar-refractivity contribution in [2.24, 2.45) is 0 Å². The molecule has 296 valence electrons. The van der Waals surface area contributed by atoms with Gasteiger partial charge in [-0.25, -0.2) is 0 Å². The van der Waals surface area contributed by atoms with E-state index in [2.05, 4.69) is 217 Å². The molecule has 9 aromatic carbocycles. The highest BCUT2D eigenvalue weighted by molar-refractivity contribution is 6.35. The lowest BCUT2D eigenvalue weighted by atomic mass is 9.79. The Balaban J connectivity index is 1.21. The van der Waals surface area contributed by atoms with Crippen molar-refractivity contribution < 1.29 is 0 Å². The number of rotatable bonds is 3. The maximum atomic E-state index is 2.64. The van der Waals surface area contributed by atoms with Gasteiger partial charge in [0.1, 0.15) is 0 Å². The Morgan fingerprint density at radius 2 is 0.857 bits per heavy atom. The molecule has 15 rings (SSSR count). The fourth-order valence-electron chi connectivity index (χ4n) is 13.0. The molecule has 0 N–H and O–H groups in total. The smallest absolute Gasteiger partial charge is 0.0645 e. The van der Waals surface area contributed by atoms with Gasteiger partial charge in [-0.3, -0.25) is 0 Å². The third kappa shape index (κ3) is 3.87. The standard InChI is InChI=1S/C60H41N3/c1-59(2)44-27-15-11-23-36(44)40-31-41-37-24-13-17-29-46(37)62-48-33-43-49(32-42(48)51(54(40)59)56(41)62)63-47-30-18-14-26-39(47)53-57(61(34-19-7-5-8-20-34)35-21-9-6-10-22-35)50-38-25-12-16-28-45(38)60(3,4)55(50)52(43)58(53)63/h5-33H,1-4H3. The predicted molar refractivity (Wildman–Crippen MR) is 266 cm³/mol. The number of hydrogen-bond donors (Lipinski definition) is 0. The van der Waals surface area contributed by atoms with Crippen molar-refractivity contribution in [3.05, 3.63) is 198 Å². The normalized spacial score (nSPS) is 14.9. The summed E-state index contributed by atoms with van der Waals surface area (Å²) in [5.41, 5.74) is 21.8. The Morgan fingerprint density at radius 1 is 0.365 bits per heavy atom. The van der Waals surface area contributed by atoms with Crippen LogP contribution in [-0.2, 0) is 10.8 Å². The zero-order valence-corrected chi connectivity index (χ0v) is 35.6. The molecular formula is C60H41N3. The van der Waals surface area contributed by atoms with Crippen molar-refractivity contribution in [1.82, 2.24) is 8.80 Å². The predicted octanol–water partition coefficient (Wildman–Crippen LogP) is 16.1. The molecule has 0 bridgehead atoms. The van der Waals surface area contributed by atoms with E-state index in [9.17, 15) is 0 Å². The Morgan fingerprint density at radius 3 is 1.52 bits per heavy atom. The van der Waals surface area contributed by atoms with Crippen molar-refractivity contribution >= 4 is 93.3 Å². The zero-order valence-electron chi connectivity index (χ0n) is 35.6. The average Bonchev–Trinajstić information content (AvgIpc) is 4.12. The maximum absolute atomic E-state index is 2.64. The van der Waals surface area contributed by atoms with E-state index in [4.69, 9.17) is 0 Å². The summed E-state index contributed by atoms with van der Waals surface area (Å²) < 4.78 is 5.25. The summed E-state index contributed by atoms with van der Waals surface area (Å²) in [5.74, 6) is 0. The first kappa shape index (κ1) is 34.0. The van der Waals surface area contributed by atoms with Gasteiger partial charge in [0.05, 0.1) is 38.8 Å². The molecule has 63 heavy (non-hydrogen) atoms. The van der Waals surface area contributed by atoms with Crippen LogP contribution in [0.15, 0.2) is 176 Å². The van der Waals surface area contributed by atoms with Crippen molar-refractivity contribution in [3.8, 4) is 22.3 Å². The van der Waals surface area contributed by atoms with Crippen LogP contribution in [0.3, 0.4) is 0 Å². The van der Waals surface area contributed by atoms with Gasteiger partial charge in [0.25, 0.3) is 0 Å². The van der Waals surface area contributed by atoms with Crippen molar-refractivity contribution in [2.45, 2.75) is 38.5 Å². The molecule has 2 aliphatic carbocycles. The van der Waals surface area contributed by atoms with Gasteiger partial charge in [-0.05, 0) is 93.5 Å². The fourth-order valence-corrected chi connectivity index (χ4v) is 13.0. The molecule has 0 atom stereocenters. The molecule has 0 fully saturated rings. The first-order chi connectivity index (χ1) is 30.8. The van der Waals surface area contributed by atoms with Crippen LogP contribution in [0.1, 0.15) is 49.9 Å². The van der Waals surface area contributed by atoms with Crippen molar-refractivity contribution in [1.29, 1.82) is 0 Å². The molecule has 0 amide bonds. The van der Waals surface area contributed by atoms with Crippen LogP contribution in [0, 0.1) is 0 Å². The molecule has 2 aliphatic rings. The Bertz CT molecular complexity index is 4090. The van der Waals surface area contributed by atoms with Gasteiger partial charge in [-0.2, -0.15) is 0 Å². The van der Waals surface area contributed by atoms with E-state index >= 15 is 0 Å². The second kappa shape index (κ2) is 11.2. The van der Waals surface area contributed by atoms with Crippen LogP contribution in [0.5, 0.6) is 0 Å². The van der Waals surface area contributed by atoms with Gasteiger partial charge in [0.15, 0.2) is 0 Å². The highest BCUT2D eigenvalue weighted by atomic mass is 15.2. The molecule has 4 heterocycles. The molecule has 4 aromatic heterocycles. The van der Waals surface area contributed by atoms with E-state index in [1.54, 1.807) is 0 Å². The first-order valence-corrected chi connectivity index (χ1v) is 22.4. The molecule has 0 spiro atoms. The lowest BCUT2D eigenvalue weighted by molar-refractivity contribution is 0.666. The second-order valence-electron chi connectivity index (χ2n) is 19.2. The van der Waals surface area contributed by atoms with Crippen LogP contribution in [-0.4, -0.2) is 8.80 Å². The maximum Gasteiger partial charge on any atom is 0.0645 e. The van der Waals surface area contributed by atoms with E-state index < -0.39 is 0 Å². The minimum atomic E-state index is -0.280. The van der Waals surface area contributed by atoms with E-state index in [1.807, 2.05) is 0 Å². The van der Waals surface area contributed by atoms with E-state index in [-0.39, 0.29) is 10.8 Å². The number of fused-ring (bicyclic) bond motifs is 20. The summed E-state index contributed by atoms with van der Waals surface area (Å²) in [6.45, 7) is 9.79. The third-order valence-corrected chi connectivity index (χ3v) is 15.4. The minimum Gasteiger partial charge on any atom is -0.309 e. The Hall–Kier alpha value is -7.62.